The third-order valence-corrected chi connectivity index (χ3v) is 4.76. The average molecular weight is 377 g/mol. The number of anilines is 3. The highest BCUT2D eigenvalue weighted by atomic mass is 16.5. The summed E-state index contributed by atoms with van der Waals surface area (Å²) in [4.78, 5) is 2.24. The molecule has 0 radical (unpaired) electrons. The second-order valence-corrected chi connectivity index (χ2v) is 6.70. The van der Waals surface area contributed by atoms with Crippen molar-refractivity contribution in [3.8, 4) is 5.75 Å². The van der Waals surface area contributed by atoms with Crippen molar-refractivity contribution in [2.24, 2.45) is 0 Å². The van der Waals surface area contributed by atoms with Crippen molar-refractivity contribution in [2.45, 2.75) is 0 Å². The van der Waals surface area contributed by atoms with Crippen LogP contribution in [0.3, 0.4) is 0 Å². The number of benzene rings is 4. The number of para-hydroxylation sites is 1. The summed E-state index contributed by atoms with van der Waals surface area (Å²) in [5.41, 5.74) is 5.68. The molecule has 0 aliphatic heterocycles. The van der Waals surface area contributed by atoms with Gasteiger partial charge >= 0.3 is 0 Å². The van der Waals surface area contributed by atoms with Gasteiger partial charge in [-0.05, 0) is 59.7 Å². The van der Waals surface area contributed by atoms with E-state index in [9.17, 15) is 0 Å². The van der Waals surface area contributed by atoms with Crippen LogP contribution < -0.4 is 9.64 Å². The van der Waals surface area contributed by atoms with Crippen LogP contribution >= 0.6 is 0 Å². The lowest BCUT2D eigenvalue weighted by Gasteiger charge is -2.25. The molecule has 0 unspecified atom stereocenters. The lowest BCUT2D eigenvalue weighted by Crippen LogP contribution is -2.09. The molecule has 0 atom stereocenters. The number of nitrogens with zero attached hydrogens (tertiary/aromatic N) is 1. The zero-order valence-corrected chi connectivity index (χ0v) is 16.4. The zero-order chi connectivity index (χ0) is 19.9. The molecule has 0 saturated heterocycles. The summed E-state index contributed by atoms with van der Waals surface area (Å²) in [5, 5.41) is 0. The largest absolute Gasteiger partial charge is 0.497 e. The van der Waals surface area contributed by atoms with Gasteiger partial charge in [0.05, 0.1) is 7.11 Å². The van der Waals surface area contributed by atoms with Gasteiger partial charge in [-0.3, -0.25) is 0 Å². The molecular weight excluding hydrogens is 354 g/mol. The zero-order valence-electron chi connectivity index (χ0n) is 16.4. The van der Waals surface area contributed by atoms with E-state index in [1.807, 2.05) is 24.3 Å². The fourth-order valence-electron chi connectivity index (χ4n) is 3.25. The van der Waals surface area contributed by atoms with Crippen molar-refractivity contribution < 1.29 is 4.74 Å². The highest BCUT2D eigenvalue weighted by Crippen LogP contribution is 2.35. The minimum atomic E-state index is 0.850. The topological polar surface area (TPSA) is 12.5 Å². The quantitative estimate of drug-likeness (QED) is 0.326. The monoisotopic (exact) mass is 377 g/mol. The first kappa shape index (κ1) is 18.6. The molecule has 0 bridgehead atoms. The van der Waals surface area contributed by atoms with Crippen LogP contribution in [0.5, 0.6) is 5.75 Å². The smallest absolute Gasteiger partial charge is 0.119 e. The Balaban J connectivity index is 1.65. The molecule has 0 heterocycles. The van der Waals surface area contributed by atoms with Gasteiger partial charge in [0, 0.05) is 17.1 Å². The van der Waals surface area contributed by atoms with E-state index in [1.54, 1.807) is 7.11 Å². The molecule has 2 nitrogen and oxygen atoms in total. The molecule has 0 amide bonds. The number of ether oxygens (including phenoxy) is 1. The van der Waals surface area contributed by atoms with Crippen LogP contribution in [0.15, 0.2) is 109 Å². The summed E-state index contributed by atoms with van der Waals surface area (Å²) < 4.78 is 5.31. The minimum Gasteiger partial charge on any atom is -0.497 e. The Morgan fingerprint density at radius 2 is 0.966 bits per heavy atom. The molecular formula is C27H23NO. The Morgan fingerprint density at radius 3 is 1.52 bits per heavy atom. The van der Waals surface area contributed by atoms with Crippen molar-refractivity contribution in [3.05, 3.63) is 120 Å². The molecule has 0 aliphatic carbocycles. The molecule has 29 heavy (non-hydrogen) atoms. The van der Waals surface area contributed by atoms with Crippen LogP contribution in [0.4, 0.5) is 17.1 Å². The van der Waals surface area contributed by atoms with Crippen molar-refractivity contribution in [2.75, 3.05) is 12.0 Å². The average Bonchev–Trinajstić information content (AvgIpc) is 2.81. The van der Waals surface area contributed by atoms with Gasteiger partial charge in [0.2, 0.25) is 0 Å². The Labute approximate surface area is 172 Å². The van der Waals surface area contributed by atoms with Gasteiger partial charge in [-0.1, -0.05) is 72.8 Å². The molecule has 0 fully saturated rings. The van der Waals surface area contributed by atoms with E-state index in [4.69, 9.17) is 4.74 Å². The van der Waals surface area contributed by atoms with Gasteiger partial charge < -0.3 is 9.64 Å². The Morgan fingerprint density at radius 1 is 0.517 bits per heavy atom. The summed E-state index contributed by atoms with van der Waals surface area (Å²) in [6.45, 7) is 0. The van der Waals surface area contributed by atoms with Gasteiger partial charge in [-0.2, -0.15) is 0 Å². The predicted molar refractivity (Wildman–Crippen MR) is 123 cm³/mol. The van der Waals surface area contributed by atoms with Gasteiger partial charge in [0.1, 0.15) is 5.75 Å². The summed E-state index contributed by atoms with van der Waals surface area (Å²) in [6.07, 6.45) is 4.27. The summed E-state index contributed by atoms with van der Waals surface area (Å²) >= 11 is 0. The highest BCUT2D eigenvalue weighted by Gasteiger charge is 2.12. The molecule has 0 aromatic heterocycles. The van der Waals surface area contributed by atoms with E-state index in [1.165, 1.54) is 11.1 Å². The number of methoxy groups -OCH3 is 1. The Bertz CT molecular complexity index is 1050. The van der Waals surface area contributed by atoms with Crippen molar-refractivity contribution in [1.29, 1.82) is 0 Å². The van der Waals surface area contributed by atoms with Crippen LogP contribution in [-0.4, -0.2) is 7.11 Å². The van der Waals surface area contributed by atoms with Gasteiger partial charge in [0.25, 0.3) is 0 Å². The van der Waals surface area contributed by atoms with Crippen molar-refractivity contribution in [1.82, 2.24) is 0 Å². The SMILES string of the molecule is COc1ccc(N(c2ccccc2)c2ccc(/C=C\c3ccccc3)cc2)cc1. The molecule has 142 valence electrons. The normalized spacial score (nSPS) is 10.8. The van der Waals surface area contributed by atoms with E-state index >= 15 is 0 Å². The third-order valence-electron chi connectivity index (χ3n) is 4.76. The van der Waals surface area contributed by atoms with E-state index in [2.05, 4.69) is 102 Å². The van der Waals surface area contributed by atoms with Crippen molar-refractivity contribution in [3.63, 3.8) is 0 Å². The first-order valence-corrected chi connectivity index (χ1v) is 9.66. The van der Waals surface area contributed by atoms with Crippen molar-refractivity contribution >= 4 is 29.2 Å². The standard InChI is InChI=1S/C27H23NO/c1-29-27-20-18-26(19-21-27)28(24-10-6-3-7-11-24)25-16-14-23(15-17-25)13-12-22-8-4-2-5-9-22/h2-21H,1H3/b13-12-. The maximum atomic E-state index is 5.31. The second kappa shape index (κ2) is 8.94. The van der Waals surface area contributed by atoms with Crippen LogP contribution in [0, 0.1) is 0 Å². The van der Waals surface area contributed by atoms with Gasteiger partial charge in [0.15, 0.2) is 0 Å². The van der Waals surface area contributed by atoms with E-state index in [0.717, 1.165) is 22.8 Å². The number of hydrogen-bond acceptors (Lipinski definition) is 2. The molecule has 0 saturated carbocycles. The van der Waals surface area contributed by atoms with Gasteiger partial charge in [-0.25, -0.2) is 0 Å². The summed E-state index contributed by atoms with van der Waals surface area (Å²) in [5.74, 6) is 0.850. The van der Waals surface area contributed by atoms with Crippen LogP contribution in [-0.2, 0) is 0 Å². The highest BCUT2D eigenvalue weighted by molar-refractivity contribution is 5.78. The Kier molecular flexibility index (Phi) is 5.73. The van der Waals surface area contributed by atoms with Crippen LogP contribution in [0.2, 0.25) is 0 Å². The van der Waals surface area contributed by atoms with Crippen LogP contribution in [0.25, 0.3) is 12.2 Å². The fourth-order valence-corrected chi connectivity index (χ4v) is 3.25. The third kappa shape index (κ3) is 4.56. The first-order valence-electron chi connectivity index (χ1n) is 9.66. The molecule has 4 rings (SSSR count). The Hall–Kier alpha value is -3.78. The fraction of sp³-hybridized carbons (Fsp3) is 0.0370. The molecule has 0 N–H and O–H groups in total. The van der Waals surface area contributed by atoms with Gasteiger partial charge in [-0.15, -0.1) is 0 Å². The predicted octanol–water partition coefficient (Wildman–Crippen LogP) is 7.34. The maximum absolute atomic E-state index is 5.31. The van der Waals surface area contributed by atoms with E-state index in [0.29, 0.717) is 0 Å². The number of hydrogen-bond donors (Lipinski definition) is 0. The summed E-state index contributed by atoms with van der Waals surface area (Å²) in [6, 6.07) is 37.5. The molecule has 4 aromatic carbocycles. The molecule has 4 aromatic rings. The number of rotatable bonds is 6. The second-order valence-electron chi connectivity index (χ2n) is 6.70. The van der Waals surface area contributed by atoms with Crippen LogP contribution in [0.1, 0.15) is 11.1 Å². The van der Waals surface area contributed by atoms with E-state index < -0.39 is 0 Å². The molecule has 0 spiro atoms. The maximum Gasteiger partial charge on any atom is 0.119 e. The molecule has 0 aliphatic rings. The lowest BCUT2D eigenvalue weighted by molar-refractivity contribution is 0.415. The minimum absolute atomic E-state index is 0.850. The summed E-state index contributed by atoms with van der Waals surface area (Å²) in [7, 11) is 1.69. The first-order chi connectivity index (χ1) is 14.3. The van der Waals surface area contributed by atoms with E-state index in [-0.39, 0.29) is 0 Å². The lowest BCUT2D eigenvalue weighted by atomic mass is 10.1. The molecule has 2 heteroatoms.